The van der Waals surface area contributed by atoms with Crippen molar-refractivity contribution in [1.29, 1.82) is 0 Å². The fourth-order valence-corrected chi connectivity index (χ4v) is 2.01. The zero-order chi connectivity index (χ0) is 15.8. The summed E-state index contributed by atoms with van der Waals surface area (Å²) in [6, 6.07) is 4.36. The van der Waals surface area contributed by atoms with Crippen LogP contribution in [0.4, 0.5) is 4.39 Å². The molecule has 3 nitrogen and oxygen atoms in total. The van der Waals surface area contributed by atoms with Crippen LogP contribution in [0, 0.1) is 5.82 Å². The molecule has 0 aromatic heterocycles. The highest BCUT2D eigenvalue weighted by Gasteiger charge is 2.52. The van der Waals surface area contributed by atoms with Gasteiger partial charge in [-0.3, -0.25) is 0 Å². The van der Waals surface area contributed by atoms with Crippen LogP contribution < -0.4 is 10.2 Å². The maximum absolute atomic E-state index is 13.6. The molecule has 0 bridgehead atoms. The Bertz CT molecular complexity index is 538. The van der Waals surface area contributed by atoms with E-state index in [1.54, 1.807) is 6.07 Å². The highest BCUT2D eigenvalue weighted by atomic mass is 19.1. The van der Waals surface area contributed by atoms with Gasteiger partial charge < -0.3 is 14.0 Å². The van der Waals surface area contributed by atoms with E-state index in [9.17, 15) is 4.39 Å². The van der Waals surface area contributed by atoms with Crippen LogP contribution in [0.3, 0.4) is 0 Å². The summed E-state index contributed by atoms with van der Waals surface area (Å²) in [6.07, 6.45) is 0. The zero-order valence-electron chi connectivity index (χ0n) is 13.3. The monoisotopic (exact) mass is 292 g/mol. The fraction of sp³-hybridized carbons (Fsp3) is 0.500. The smallest absolute Gasteiger partial charge is 0.490 e. The molecule has 5 heteroatoms. The summed E-state index contributed by atoms with van der Waals surface area (Å²) in [7, 11) is -0.647. The van der Waals surface area contributed by atoms with Crippen LogP contribution in [0.25, 0.3) is 0 Å². The number of benzene rings is 1. The summed E-state index contributed by atoms with van der Waals surface area (Å²) in [4.78, 5) is 0. The Labute approximate surface area is 126 Å². The van der Waals surface area contributed by atoms with Crippen LogP contribution in [-0.4, -0.2) is 24.9 Å². The molecular formula is C16H22BFO3. The highest BCUT2D eigenvalue weighted by Crippen LogP contribution is 2.37. The van der Waals surface area contributed by atoms with Crippen LogP contribution in [0.2, 0.25) is 0 Å². The molecule has 0 spiro atoms. The molecule has 0 radical (unpaired) electrons. The molecule has 21 heavy (non-hydrogen) atoms. The minimum absolute atomic E-state index is 0.345. The second-order valence-electron chi connectivity index (χ2n) is 6.52. The lowest BCUT2D eigenvalue weighted by Gasteiger charge is -2.32. The third-order valence-electron chi connectivity index (χ3n) is 3.95. The molecule has 0 unspecified atom stereocenters. The molecule has 1 heterocycles. The average Bonchev–Trinajstić information content (AvgIpc) is 2.56. The van der Waals surface area contributed by atoms with Gasteiger partial charge in [-0.1, -0.05) is 6.58 Å². The van der Waals surface area contributed by atoms with Crippen LogP contribution >= 0.6 is 0 Å². The molecule has 0 N–H and O–H groups in total. The molecule has 1 aromatic carbocycles. The van der Waals surface area contributed by atoms with Gasteiger partial charge in [0, 0.05) is 5.46 Å². The van der Waals surface area contributed by atoms with E-state index >= 15 is 0 Å². The van der Waals surface area contributed by atoms with Gasteiger partial charge in [-0.2, -0.15) is 0 Å². The van der Waals surface area contributed by atoms with Gasteiger partial charge in [-0.15, -0.1) is 0 Å². The second kappa shape index (κ2) is 5.46. The highest BCUT2D eigenvalue weighted by molar-refractivity contribution is 6.63. The van der Waals surface area contributed by atoms with Crippen molar-refractivity contribution >= 4 is 12.6 Å². The van der Waals surface area contributed by atoms with Crippen LogP contribution in [-0.2, 0) is 9.31 Å². The van der Waals surface area contributed by atoms with E-state index in [4.69, 9.17) is 14.0 Å². The number of rotatable bonds is 4. The van der Waals surface area contributed by atoms with E-state index in [1.807, 2.05) is 34.6 Å². The van der Waals surface area contributed by atoms with Gasteiger partial charge in [0.15, 0.2) is 0 Å². The molecule has 0 saturated carbocycles. The average molecular weight is 292 g/mol. The van der Waals surface area contributed by atoms with E-state index < -0.39 is 18.3 Å². The number of ether oxygens (including phenoxy) is 1. The Morgan fingerprint density at radius 2 is 1.81 bits per heavy atom. The summed E-state index contributed by atoms with van der Waals surface area (Å²) in [5, 5.41) is 0. The molecule has 0 atom stereocenters. The van der Waals surface area contributed by atoms with Gasteiger partial charge >= 0.3 is 7.12 Å². The van der Waals surface area contributed by atoms with Crippen LogP contribution in [0.5, 0.6) is 5.75 Å². The van der Waals surface area contributed by atoms with Gasteiger partial charge in [-0.05, 0) is 58.4 Å². The fourth-order valence-electron chi connectivity index (χ4n) is 2.01. The lowest BCUT2D eigenvalue weighted by atomic mass is 9.78. The topological polar surface area (TPSA) is 27.7 Å². The first kappa shape index (κ1) is 16.1. The van der Waals surface area contributed by atoms with Gasteiger partial charge in [0.2, 0.25) is 0 Å². The van der Waals surface area contributed by atoms with Crippen LogP contribution in [0.1, 0.15) is 34.6 Å². The first-order valence-corrected chi connectivity index (χ1v) is 7.05. The molecule has 1 aliphatic heterocycles. The largest absolute Gasteiger partial charge is 0.498 e. The maximum atomic E-state index is 13.6. The first-order chi connectivity index (χ1) is 9.62. The maximum Gasteiger partial charge on any atom is 0.498 e. The molecule has 1 aliphatic rings. The molecule has 1 aromatic rings. The lowest BCUT2D eigenvalue weighted by Crippen LogP contribution is -2.41. The standard InChI is InChI=1S/C16H22BFO3/c1-11(2)10-19-14-8-7-12(18)9-13(14)17-20-15(3,4)16(5,6)21-17/h7-9H,1,10H2,2-6H3. The first-order valence-electron chi connectivity index (χ1n) is 7.05. The normalized spacial score (nSPS) is 19.6. The van der Waals surface area contributed by atoms with Gasteiger partial charge in [0.25, 0.3) is 0 Å². The van der Waals surface area contributed by atoms with Gasteiger partial charge in [-0.25, -0.2) is 4.39 Å². The molecular weight excluding hydrogens is 270 g/mol. The van der Waals surface area contributed by atoms with Crippen molar-refractivity contribution in [3.63, 3.8) is 0 Å². The Balaban J connectivity index is 2.31. The molecule has 1 saturated heterocycles. The Hall–Kier alpha value is -1.33. The van der Waals surface area contributed by atoms with Crippen molar-refractivity contribution in [3.8, 4) is 5.75 Å². The third-order valence-corrected chi connectivity index (χ3v) is 3.95. The second-order valence-corrected chi connectivity index (χ2v) is 6.52. The van der Waals surface area contributed by atoms with E-state index in [0.29, 0.717) is 17.8 Å². The Morgan fingerprint density at radius 1 is 1.24 bits per heavy atom. The van der Waals surface area contributed by atoms with Gasteiger partial charge in [0.1, 0.15) is 18.2 Å². The summed E-state index contributed by atoms with van der Waals surface area (Å²) < 4.78 is 31.2. The molecule has 114 valence electrons. The number of halogens is 1. The minimum atomic E-state index is -0.647. The van der Waals surface area contributed by atoms with E-state index in [0.717, 1.165) is 5.57 Å². The molecule has 0 amide bonds. The van der Waals surface area contributed by atoms with Crippen molar-refractivity contribution in [1.82, 2.24) is 0 Å². The summed E-state index contributed by atoms with van der Waals surface area (Å²) in [5.41, 5.74) is 0.500. The van der Waals surface area contributed by atoms with Gasteiger partial charge in [0.05, 0.1) is 11.2 Å². The van der Waals surface area contributed by atoms with Crippen molar-refractivity contribution < 1.29 is 18.4 Å². The zero-order valence-corrected chi connectivity index (χ0v) is 13.3. The summed E-state index contributed by atoms with van der Waals surface area (Å²) in [5.74, 6) is 0.209. The SMILES string of the molecule is C=C(C)COc1ccc(F)cc1B1OC(C)(C)C(C)(C)O1. The van der Waals surface area contributed by atoms with Crippen molar-refractivity contribution in [2.45, 2.75) is 45.8 Å². The predicted molar refractivity (Wildman–Crippen MR) is 82.4 cm³/mol. The number of hydrogen-bond acceptors (Lipinski definition) is 3. The third kappa shape index (κ3) is 3.30. The Morgan fingerprint density at radius 3 is 2.33 bits per heavy atom. The van der Waals surface area contributed by atoms with Crippen molar-refractivity contribution in [3.05, 3.63) is 36.2 Å². The summed E-state index contributed by atoms with van der Waals surface area (Å²) >= 11 is 0. The lowest BCUT2D eigenvalue weighted by molar-refractivity contribution is 0.00578. The predicted octanol–water partition coefficient (Wildman–Crippen LogP) is 3.08. The van der Waals surface area contributed by atoms with Crippen molar-refractivity contribution in [2.75, 3.05) is 6.61 Å². The van der Waals surface area contributed by atoms with Crippen LogP contribution in [0.15, 0.2) is 30.4 Å². The van der Waals surface area contributed by atoms with E-state index in [1.165, 1.54) is 12.1 Å². The number of hydrogen-bond donors (Lipinski definition) is 0. The quantitative estimate of drug-likeness (QED) is 0.630. The Kier molecular flexibility index (Phi) is 4.18. The molecule has 0 aliphatic carbocycles. The molecule has 2 rings (SSSR count). The summed E-state index contributed by atoms with van der Waals surface area (Å²) in [6.45, 7) is 13.9. The van der Waals surface area contributed by atoms with E-state index in [2.05, 4.69) is 6.58 Å². The van der Waals surface area contributed by atoms with E-state index in [-0.39, 0.29) is 5.82 Å². The molecule has 1 fully saturated rings. The minimum Gasteiger partial charge on any atom is -0.490 e. The van der Waals surface area contributed by atoms with Crippen molar-refractivity contribution in [2.24, 2.45) is 0 Å².